The van der Waals surface area contributed by atoms with Crippen LogP contribution in [0.1, 0.15) is 17.4 Å². The van der Waals surface area contributed by atoms with Crippen LogP contribution in [0.15, 0.2) is 42.7 Å². The number of nitrogens with one attached hydrogen (secondary N) is 1. The fraction of sp³-hybridized carbons (Fsp3) is 0.150. The van der Waals surface area contributed by atoms with Crippen LogP contribution in [0.5, 0.6) is 23.1 Å². The number of amides is 1. The SMILES string of the molecule is COc1ccnc(C(=O)Nc2nc3ccc(Oc4ccnn4C)cc3s2)c1OC(C)=O. The Hall–Kier alpha value is -3.99. The number of ether oxygens (including phenoxy) is 3. The van der Waals surface area contributed by atoms with E-state index in [4.69, 9.17) is 14.2 Å². The molecule has 1 amide bonds. The topological polar surface area (TPSA) is 117 Å². The standard InChI is InChI=1S/C20H17N5O5S/c1-11(26)29-18-14(28-3)6-8-21-17(18)19(27)24-20-23-13-5-4-12(10-15(13)31-20)30-16-7-9-22-25(16)2/h4-10H,1-3H3,(H,23,24,27). The van der Waals surface area contributed by atoms with Crippen LogP contribution < -0.4 is 19.5 Å². The number of hydrogen-bond donors (Lipinski definition) is 1. The molecule has 158 valence electrons. The number of methoxy groups -OCH3 is 1. The Morgan fingerprint density at radius 1 is 1.16 bits per heavy atom. The van der Waals surface area contributed by atoms with Crippen LogP contribution in [-0.2, 0) is 11.8 Å². The summed E-state index contributed by atoms with van der Waals surface area (Å²) in [6, 6.07) is 8.65. The normalized spacial score (nSPS) is 10.7. The maximum absolute atomic E-state index is 12.8. The number of hydrogen-bond acceptors (Lipinski definition) is 9. The van der Waals surface area contributed by atoms with Gasteiger partial charge < -0.3 is 14.2 Å². The molecule has 0 radical (unpaired) electrons. The van der Waals surface area contributed by atoms with Gasteiger partial charge in [0.1, 0.15) is 5.75 Å². The molecule has 0 fully saturated rings. The van der Waals surface area contributed by atoms with Crippen molar-refractivity contribution >= 4 is 38.6 Å². The number of fused-ring (bicyclic) bond motifs is 1. The second kappa shape index (κ2) is 8.40. The first kappa shape index (κ1) is 20.3. The molecule has 0 aliphatic heterocycles. The first-order valence-corrected chi connectivity index (χ1v) is 9.85. The zero-order valence-corrected chi connectivity index (χ0v) is 17.6. The first-order valence-electron chi connectivity index (χ1n) is 9.04. The number of nitrogens with zero attached hydrogens (tertiary/aromatic N) is 4. The Balaban J connectivity index is 1.58. The lowest BCUT2D eigenvalue weighted by molar-refractivity contribution is -0.132. The number of pyridine rings is 1. The number of thiazole rings is 1. The summed E-state index contributed by atoms with van der Waals surface area (Å²) in [7, 11) is 3.19. The van der Waals surface area contributed by atoms with Gasteiger partial charge in [-0.1, -0.05) is 11.3 Å². The number of benzene rings is 1. The lowest BCUT2D eigenvalue weighted by Crippen LogP contribution is -2.17. The molecule has 3 heterocycles. The van der Waals surface area contributed by atoms with Gasteiger partial charge in [-0.05, 0) is 12.1 Å². The summed E-state index contributed by atoms with van der Waals surface area (Å²) in [6.45, 7) is 1.23. The average Bonchev–Trinajstić information content (AvgIpc) is 3.32. The molecule has 0 unspecified atom stereocenters. The van der Waals surface area contributed by atoms with Crippen LogP contribution in [0.4, 0.5) is 5.13 Å². The molecule has 0 aliphatic rings. The molecule has 0 saturated carbocycles. The second-order valence-corrected chi connectivity index (χ2v) is 7.31. The molecule has 0 spiro atoms. The highest BCUT2D eigenvalue weighted by atomic mass is 32.1. The number of aryl methyl sites for hydroxylation is 1. The predicted octanol–water partition coefficient (Wildman–Crippen LogP) is 3.40. The fourth-order valence-corrected chi connectivity index (χ4v) is 3.65. The Kier molecular flexibility index (Phi) is 5.50. The maximum atomic E-state index is 12.8. The third kappa shape index (κ3) is 4.31. The lowest BCUT2D eigenvalue weighted by Gasteiger charge is -2.11. The summed E-state index contributed by atoms with van der Waals surface area (Å²) in [6.07, 6.45) is 3.03. The highest BCUT2D eigenvalue weighted by Gasteiger charge is 2.21. The van der Waals surface area contributed by atoms with Crippen LogP contribution in [0.2, 0.25) is 0 Å². The van der Waals surface area contributed by atoms with Crippen LogP contribution in [-0.4, -0.2) is 38.7 Å². The van der Waals surface area contributed by atoms with Gasteiger partial charge in [0.2, 0.25) is 11.6 Å². The molecule has 0 aliphatic carbocycles. The molecule has 0 atom stereocenters. The van der Waals surface area contributed by atoms with Crippen LogP contribution in [0, 0.1) is 0 Å². The van der Waals surface area contributed by atoms with Gasteiger partial charge in [0, 0.05) is 38.4 Å². The van der Waals surface area contributed by atoms with E-state index < -0.39 is 11.9 Å². The van der Waals surface area contributed by atoms with E-state index in [1.165, 1.54) is 37.6 Å². The summed E-state index contributed by atoms with van der Waals surface area (Å²) in [5.41, 5.74) is 0.602. The lowest BCUT2D eigenvalue weighted by atomic mass is 10.3. The van der Waals surface area contributed by atoms with Gasteiger partial charge in [0.05, 0.1) is 23.5 Å². The fourth-order valence-electron chi connectivity index (χ4n) is 2.76. The van der Waals surface area contributed by atoms with E-state index in [1.807, 2.05) is 6.07 Å². The van der Waals surface area contributed by atoms with E-state index in [1.54, 1.807) is 36.1 Å². The molecule has 31 heavy (non-hydrogen) atoms. The number of anilines is 1. The smallest absolute Gasteiger partial charge is 0.308 e. The predicted molar refractivity (Wildman–Crippen MR) is 113 cm³/mol. The van der Waals surface area contributed by atoms with Gasteiger partial charge in [0.25, 0.3) is 5.91 Å². The van der Waals surface area contributed by atoms with Crippen molar-refractivity contribution in [1.29, 1.82) is 0 Å². The van der Waals surface area contributed by atoms with Gasteiger partial charge in [-0.3, -0.25) is 14.9 Å². The largest absolute Gasteiger partial charge is 0.493 e. The Morgan fingerprint density at radius 3 is 2.71 bits per heavy atom. The zero-order valence-electron chi connectivity index (χ0n) is 16.8. The summed E-state index contributed by atoms with van der Waals surface area (Å²) in [4.78, 5) is 32.7. The van der Waals surface area contributed by atoms with E-state index in [0.717, 1.165) is 4.70 Å². The van der Waals surface area contributed by atoms with Crippen molar-refractivity contribution in [2.24, 2.45) is 7.05 Å². The van der Waals surface area contributed by atoms with E-state index in [0.29, 0.717) is 22.3 Å². The molecular weight excluding hydrogens is 422 g/mol. The Bertz CT molecular complexity index is 1280. The Labute approximate surface area is 180 Å². The highest BCUT2D eigenvalue weighted by molar-refractivity contribution is 7.22. The van der Waals surface area contributed by atoms with Gasteiger partial charge in [-0.25, -0.2) is 14.6 Å². The van der Waals surface area contributed by atoms with Crippen molar-refractivity contribution in [1.82, 2.24) is 19.7 Å². The minimum Gasteiger partial charge on any atom is -0.493 e. The van der Waals surface area contributed by atoms with Crippen molar-refractivity contribution in [3.05, 3.63) is 48.4 Å². The number of aromatic nitrogens is 4. The van der Waals surface area contributed by atoms with E-state index in [9.17, 15) is 9.59 Å². The summed E-state index contributed by atoms with van der Waals surface area (Å²) >= 11 is 1.27. The van der Waals surface area contributed by atoms with E-state index in [-0.39, 0.29) is 17.2 Å². The molecule has 10 nitrogen and oxygen atoms in total. The maximum Gasteiger partial charge on any atom is 0.308 e. The van der Waals surface area contributed by atoms with Crippen molar-refractivity contribution in [2.45, 2.75) is 6.92 Å². The zero-order chi connectivity index (χ0) is 22.0. The third-order valence-corrected chi connectivity index (χ3v) is 5.06. The summed E-state index contributed by atoms with van der Waals surface area (Å²) < 4.78 is 18.5. The summed E-state index contributed by atoms with van der Waals surface area (Å²) in [5.74, 6) is 0.199. The van der Waals surface area contributed by atoms with Gasteiger partial charge in [-0.15, -0.1) is 0 Å². The molecule has 1 N–H and O–H groups in total. The van der Waals surface area contributed by atoms with Crippen LogP contribution >= 0.6 is 11.3 Å². The minimum atomic E-state index is -0.596. The minimum absolute atomic E-state index is 0.0528. The molecule has 4 rings (SSSR count). The quantitative estimate of drug-likeness (QED) is 0.454. The molecule has 0 saturated heterocycles. The van der Waals surface area contributed by atoms with Gasteiger partial charge in [-0.2, -0.15) is 5.10 Å². The molecule has 11 heteroatoms. The number of esters is 1. The van der Waals surface area contributed by atoms with E-state index in [2.05, 4.69) is 20.4 Å². The number of carbonyl (C=O) groups is 2. The Morgan fingerprint density at radius 2 is 2.00 bits per heavy atom. The van der Waals surface area contributed by atoms with Gasteiger partial charge in [0.15, 0.2) is 16.6 Å². The van der Waals surface area contributed by atoms with E-state index >= 15 is 0 Å². The third-order valence-electron chi connectivity index (χ3n) is 4.13. The first-order chi connectivity index (χ1) is 14.9. The van der Waals surface area contributed by atoms with Crippen molar-refractivity contribution in [2.75, 3.05) is 12.4 Å². The molecule has 4 aromatic rings. The molecular formula is C20H17N5O5S. The second-order valence-electron chi connectivity index (χ2n) is 6.28. The molecule has 1 aromatic carbocycles. The average molecular weight is 439 g/mol. The van der Waals surface area contributed by atoms with Crippen LogP contribution in [0.3, 0.4) is 0 Å². The monoisotopic (exact) mass is 439 g/mol. The van der Waals surface area contributed by atoms with Gasteiger partial charge >= 0.3 is 5.97 Å². The molecule has 3 aromatic heterocycles. The van der Waals surface area contributed by atoms with Crippen molar-refractivity contribution < 1.29 is 23.8 Å². The van der Waals surface area contributed by atoms with Crippen molar-refractivity contribution in [3.63, 3.8) is 0 Å². The summed E-state index contributed by atoms with van der Waals surface area (Å²) in [5, 5.41) is 7.11. The highest BCUT2D eigenvalue weighted by Crippen LogP contribution is 2.33. The number of carbonyl (C=O) groups excluding carboxylic acids is 2. The van der Waals surface area contributed by atoms with Crippen LogP contribution in [0.25, 0.3) is 10.2 Å². The number of rotatable bonds is 6. The molecule has 0 bridgehead atoms. The van der Waals surface area contributed by atoms with Crippen molar-refractivity contribution in [3.8, 4) is 23.1 Å².